The number of aromatic carboxylic acids is 1. The molecule has 4 heteroatoms. The minimum absolute atomic E-state index is 0.0191. The Labute approximate surface area is 86.7 Å². The lowest BCUT2D eigenvalue weighted by atomic mass is 9.97. The number of benzene rings is 1. The lowest BCUT2D eigenvalue weighted by Crippen LogP contribution is -2.16. The van der Waals surface area contributed by atoms with Gasteiger partial charge in [-0.2, -0.15) is 0 Å². The highest BCUT2D eigenvalue weighted by atomic mass is 19.1. The van der Waals surface area contributed by atoms with Gasteiger partial charge in [0.1, 0.15) is 5.82 Å². The normalized spacial score (nSPS) is 17.5. The van der Waals surface area contributed by atoms with Crippen LogP contribution in [0.1, 0.15) is 34.8 Å². The van der Waals surface area contributed by atoms with Crippen molar-refractivity contribution >= 4 is 5.97 Å². The molecule has 1 aliphatic carbocycles. The summed E-state index contributed by atoms with van der Waals surface area (Å²) in [6.07, 6.45) is 2.05. The third kappa shape index (κ3) is 1.99. The lowest BCUT2D eigenvalue weighted by molar-refractivity contribution is 0.0694. The highest BCUT2D eigenvalue weighted by Gasteiger charge is 2.31. The molecule has 0 saturated heterocycles. The van der Waals surface area contributed by atoms with Crippen molar-refractivity contribution in [2.45, 2.75) is 18.9 Å². The van der Waals surface area contributed by atoms with Crippen LogP contribution in [0.5, 0.6) is 0 Å². The smallest absolute Gasteiger partial charge is 0.336 e. The molecule has 3 nitrogen and oxygen atoms in total. The van der Waals surface area contributed by atoms with Crippen LogP contribution >= 0.6 is 0 Å². The van der Waals surface area contributed by atoms with Crippen molar-refractivity contribution in [1.29, 1.82) is 0 Å². The third-order valence-electron chi connectivity index (χ3n) is 2.73. The number of carboxylic acid groups (broad SMARTS) is 1. The molecule has 0 unspecified atom stereocenters. The van der Waals surface area contributed by atoms with Crippen molar-refractivity contribution in [3.63, 3.8) is 0 Å². The topological polar surface area (TPSA) is 63.3 Å². The molecule has 0 heterocycles. The van der Waals surface area contributed by atoms with Crippen LogP contribution in [0, 0.1) is 11.7 Å². The van der Waals surface area contributed by atoms with Gasteiger partial charge in [0.25, 0.3) is 0 Å². The standard InChI is InChI=1S/C11H12FNO2/c12-7-3-4-8(9(5-7)11(14)15)10(13)6-1-2-6/h3-6,10H,1-2,13H2,(H,14,15)/t10-/m0/s1. The Morgan fingerprint density at radius 3 is 2.73 bits per heavy atom. The Balaban J connectivity index is 2.40. The van der Waals surface area contributed by atoms with Gasteiger partial charge >= 0.3 is 5.97 Å². The van der Waals surface area contributed by atoms with Crippen molar-refractivity contribution in [2.24, 2.45) is 11.7 Å². The van der Waals surface area contributed by atoms with Crippen LogP contribution in [0.25, 0.3) is 0 Å². The summed E-state index contributed by atoms with van der Waals surface area (Å²) in [7, 11) is 0. The van der Waals surface area contributed by atoms with E-state index in [4.69, 9.17) is 10.8 Å². The van der Waals surface area contributed by atoms with Gasteiger partial charge in [-0.3, -0.25) is 0 Å². The first-order chi connectivity index (χ1) is 7.09. The van der Waals surface area contributed by atoms with Crippen LogP contribution in [-0.2, 0) is 0 Å². The van der Waals surface area contributed by atoms with Crippen LogP contribution in [0.2, 0.25) is 0 Å². The highest BCUT2D eigenvalue weighted by molar-refractivity contribution is 5.89. The van der Waals surface area contributed by atoms with E-state index in [2.05, 4.69) is 0 Å². The fourth-order valence-electron chi connectivity index (χ4n) is 1.71. The van der Waals surface area contributed by atoms with E-state index in [9.17, 15) is 9.18 Å². The maximum Gasteiger partial charge on any atom is 0.336 e. The van der Waals surface area contributed by atoms with E-state index in [1.54, 1.807) is 0 Å². The van der Waals surface area contributed by atoms with Gasteiger partial charge in [0.15, 0.2) is 0 Å². The Morgan fingerprint density at radius 1 is 1.53 bits per heavy atom. The molecule has 0 amide bonds. The first kappa shape index (κ1) is 10.1. The fourth-order valence-corrected chi connectivity index (χ4v) is 1.71. The molecule has 0 aromatic heterocycles. The van der Waals surface area contributed by atoms with E-state index in [0.717, 1.165) is 18.9 Å². The van der Waals surface area contributed by atoms with E-state index in [-0.39, 0.29) is 11.6 Å². The average molecular weight is 209 g/mol. The average Bonchev–Trinajstić information content (AvgIpc) is 2.99. The van der Waals surface area contributed by atoms with Gasteiger partial charge in [-0.05, 0) is 36.5 Å². The number of hydrogen-bond donors (Lipinski definition) is 2. The number of rotatable bonds is 3. The zero-order valence-corrected chi connectivity index (χ0v) is 8.11. The van der Waals surface area contributed by atoms with Crippen molar-refractivity contribution in [1.82, 2.24) is 0 Å². The summed E-state index contributed by atoms with van der Waals surface area (Å²) < 4.78 is 12.9. The number of halogens is 1. The SMILES string of the molecule is N[C@H](c1ccc(F)cc1C(=O)O)C1CC1. The third-order valence-corrected chi connectivity index (χ3v) is 2.73. The van der Waals surface area contributed by atoms with Crippen molar-refractivity contribution in [3.8, 4) is 0 Å². The molecule has 0 radical (unpaired) electrons. The Morgan fingerprint density at radius 2 is 2.20 bits per heavy atom. The Hall–Kier alpha value is -1.42. The molecule has 2 rings (SSSR count). The molecule has 0 bridgehead atoms. The predicted octanol–water partition coefficient (Wildman–Crippen LogP) is 1.93. The predicted molar refractivity (Wildman–Crippen MR) is 53.0 cm³/mol. The van der Waals surface area contributed by atoms with E-state index in [0.29, 0.717) is 11.5 Å². The van der Waals surface area contributed by atoms with E-state index in [1.807, 2.05) is 0 Å². The maximum atomic E-state index is 12.9. The maximum absolute atomic E-state index is 12.9. The number of carboxylic acids is 1. The quantitative estimate of drug-likeness (QED) is 0.799. The van der Waals surface area contributed by atoms with Crippen LogP contribution in [0.15, 0.2) is 18.2 Å². The van der Waals surface area contributed by atoms with E-state index < -0.39 is 11.8 Å². The number of hydrogen-bond acceptors (Lipinski definition) is 2. The molecule has 1 fully saturated rings. The zero-order valence-electron chi connectivity index (χ0n) is 8.11. The van der Waals surface area contributed by atoms with Gasteiger partial charge < -0.3 is 10.8 Å². The van der Waals surface area contributed by atoms with Gasteiger partial charge in [-0.1, -0.05) is 6.07 Å². The van der Waals surface area contributed by atoms with E-state index in [1.165, 1.54) is 12.1 Å². The zero-order chi connectivity index (χ0) is 11.0. The molecule has 1 aromatic carbocycles. The monoisotopic (exact) mass is 209 g/mol. The van der Waals surface area contributed by atoms with Gasteiger partial charge in [0.05, 0.1) is 5.56 Å². The second-order valence-corrected chi connectivity index (χ2v) is 3.90. The summed E-state index contributed by atoms with van der Waals surface area (Å²) in [6.45, 7) is 0. The van der Waals surface area contributed by atoms with Crippen LogP contribution in [-0.4, -0.2) is 11.1 Å². The van der Waals surface area contributed by atoms with Crippen molar-refractivity contribution in [3.05, 3.63) is 35.1 Å². The molecule has 3 N–H and O–H groups in total. The molecule has 80 valence electrons. The van der Waals surface area contributed by atoms with E-state index >= 15 is 0 Å². The van der Waals surface area contributed by atoms with Crippen molar-refractivity contribution < 1.29 is 14.3 Å². The summed E-state index contributed by atoms with van der Waals surface area (Å²) in [4.78, 5) is 10.9. The van der Waals surface area contributed by atoms with Gasteiger partial charge in [-0.25, -0.2) is 9.18 Å². The Kier molecular flexibility index (Phi) is 2.44. The molecule has 15 heavy (non-hydrogen) atoms. The minimum atomic E-state index is -1.12. The number of carbonyl (C=O) groups is 1. The van der Waals surface area contributed by atoms with Crippen LogP contribution < -0.4 is 5.73 Å². The first-order valence-electron chi connectivity index (χ1n) is 4.88. The summed E-state index contributed by atoms with van der Waals surface area (Å²) in [5.74, 6) is -1.31. The molecule has 1 saturated carbocycles. The molecule has 0 spiro atoms. The minimum Gasteiger partial charge on any atom is -0.478 e. The summed E-state index contributed by atoms with van der Waals surface area (Å²) in [5, 5.41) is 8.92. The first-order valence-corrected chi connectivity index (χ1v) is 4.88. The summed E-state index contributed by atoms with van der Waals surface area (Å²) in [5.41, 5.74) is 6.42. The largest absolute Gasteiger partial charge is 0.478 e. The molecular formula is C11H12FNO2. The summed E-state index contributed by atoms with van der Waals surface area (Å²) >= 11 is 0. The van der Waals surface area contributed by atoms with Gasteiger partial charge in [-0.15, -0.1) is 0 Å². The number of nitrogens with two attached hydrogens (primary N) is 1. The Bertz CT molecular complexity index is 402. The van der Waals surface area contributed by atoms with Crippen molar-refractivity contribution in [2.75, 3.05) is 0 Å². The van der Waals surface area contributed by atoms with Gasteiger partial charge in [0, 0.05) is 6.04 Å². The van der Waals surface area contributed by atoms with Crippen LogP contribution in [0.3, 0.4) is 0 Å². The molecular weight excluding hydrogens is 197 g/mol. The second kappa shape index (κ2) is 3.62. The molecule has 1 aromatic rings. The molecule has 1 atom stereocenters. The van der Waals surface area contributed by atoms with Crippen LogP contribution in [0.4, 0.5) is 4.39 Å². The molecule has 0 aliphatic heterocycles. The highest BCUT2D eigenvalue weighted by Crippen LogP contribution is 2.40. The molecule has 1 aliphatic rings. The van der Waals surface area contributed by atoms with Gasteiger partial charge in [0.2, 0.25) is 0 Å². The fraction of sp³-hybridized carbons (Fsp3) is 0.364. The summed E-state index contributed by atoms with van der Waals surface area (Å²) in [6, 6.07) is 3.47. The lowest BCUT2D eigenvalue weighted by Gasteiger charge is -2.13. The second-order valence-electron chi connectivity index (χ2n) is 3.90.